The number of aliphatic hydroxyl groups excluding tert-OH is 1. The molecule has 0 unspecified atom stereocenters. The van der Waals surface area contributed by atoms with Crippen molar-refractivity contribution in [1.29, 1.82) is 0 Å². The maximum atomic E-state index is 10.7. The Morgan fingerprint density at radius 2 is 1.25 bits per heavy atom. The number of non-ortho nitro benzene ring substituents is 1. The van der Waals surface area contributed by atoms with Gasteiger partial charge < -0.3 is 10.2 Å². The molecular formula is C19H15NO4. The first-order valence-corrected chi connectivity index (χ1v) is 7.36. The van der Waals surface area contributed by atoms with Gasteiger partial charge in [-0.05, 0) is 46.5 Å². The fraction of sp³-hybridized carbons (Fsp3) is 0.0526. The summed E-state index contributed by atoms with van der Waals surface area (Å²) in [5.74, 6) is 0.0729. The van der Waals surface area contributed by atoms with Crippen LogP contribution in [0.15, 0.2) is 66.7 Å². The minimum absolute atomic E-state index is 0.0657. The number of phenols is 1. The van der Waals surface area contributed by atoms with Crippen LogP contribution in [0.5, 0.6) is 5.75 Å². The summed E-state index contributed by atoms with van der Waals surface area (Å²) in [6.07, 6.45) is 0. The van der Waals surface area contributed by atoms with Gasteiger partial charge >= 0.3 is 0 Å². The molecule has 5 heteroatoms. The van der Waals surface area contributed by atoms with Gasteiger partial charge in [0.05, 0.1) is 11.5 Å². The fourth-order valence-corrected chi connectivity index (χ4v) is 2.52. The summed E-state index contributed by atoms with van der Waals surface area (Å²) in [5.41, 5.74) is 4.24. The lowest BCUT2D eigenvalue weighted by atomic mass is 9.99. The lowest BCUT2D eigenvalue weighted by Gasteiger charge is -2.07. The molecule has 2 N–H and O–H groups in total. The van der Waals surface area contributed by atoms with Crippen molar-refractivity contribution in [3.8, 4) is 28.0 Å². The number of hydrogen-bond acceptors (Lipinski definition) is 4. The van der Waals surface area contributed by atoms with E-state index < -0.39 is 4.92 Å². The Labute approximate surface area is 138 Å². The van der Waals surface area contributed by atoms with Crippen LogP contribution < -0.4 is 0 Å². The number of nitrogens with zero attached hydrogens (tertiary/aromatic N) is 1. The van der Waals surface area contributed by atoms with E-state index in [1.165, 1.54) is 12.1 Å². The van der Waals surface area contributed by atoms with E-state index in [0.29, 0.717) is 5.56 Å². The number of rotatable bonds is 4. The summed E-state index contributed by atoms with van der Waals surface area (Å²) >= 11 is 0. The maximum absolute atomic E-state index is 10.7. The van der Waals surface area contributed by atoms with Crippen molar-refractivity contribution in [2.45, 2.75) is 6.61 Å². The molecule has 0 aromatic heterocycles. The first-order valence-electron chi connectivity index (χ1n) is 7.36. The Morgan fingerprint density at radius 3 is 1.75 bits per heavy atom. The highest BCUT2D eigenvalue weighted by Crippen LogP contribution is 2.29. The van der Waals surface area contributed by atoms with Crippen LogP contribution in [0.1, 0.15) is 5.56 Å². The number of aromatic hydroxyl groups is 1. The summed E-state index contributed by atoms with van der Waals surface area (Å²) in [7, 11) is 0. The minimum atomic E-state index is -0.420. The monoisotopic (exact) mass is 321 g/mol. The fourth-order valence-electron chi connectivity index (χ4n) is 2.52. The minimum Gasteiger partial charge on any atom is -0.508 e. The highest BCUT2D eigenvalue weighted by atomic mass is 16.6. The van der Waals surface area contributed by atoms with Gasteiger partial charge in [-0.1, -0.05) is 30.3 Å². The summed E-state index contributed by atoms with van der Waals surface area (Å²) in [5, 5.41) is 29.6. The molecule has 120 valence electrons. The van der Waals surface area contributed by atoms with Crippen molar-refractivity contribution in [2.24, 2.45) is 0 Å². The number of nitro groups is 1. The molecule has 0 aliphatic heterocycles. The average molecular weight is 321 g/mol. The summed E-state index contributed by atoms with van der Waals surface area (Å²) in [6.45, 7) is -0.222. The Morgan fingerprint density at radius 1 is 0.792 bits per heavy atom. The lowest BCUT2D eigenvalue weighted by molar-refractivity contribution is -0.384. The van der Waals surface area contributed by atoms with Crippen LogP contribution >= 0.6 is 0 Å². The molecule has 24 heavy (non-hydrogen) atoms. The average Bonchev–Trinajstić information content (AvgIpc) is 2.62. The summed E-state index contributed by atoms with van der Waals surface area (Å²) in [6, 6.07) is 19.2. The lowest BCUT2D eigenvalue weighted by Crippen LogP contribution is -1.88. The van der Waals surface area contributed by atoms with Crippen molar-refractivity contribution in [2.75, 3.05) is 0 Å². The Kier molecular flexibility index (Phi) is 4.26. The van der Waals surface area contributed by atoms with Crippen LogP contribution in [0.3, 0.4) is 0 Å². The molecule has 0 bridgehead atoms. The van der Waals surface area contributed by atoms with E-state index >= 15 is 0 Å². The van der Waals surface area contributed by atoms with Crippen molar-refractivity contribution in [3.63, 3.8) is 0 Å². The van der Waals surface area contributed by atoms with Gasteiger partial charge in [0.2, 0.25) is 0 Å². The third kappa shape index (κ3) is 3.11. The second-order valence-corrected chi connectivity index (χ2v) is 5.38. The quantitative estimate of drug-likeness (QED) is 0.559. The molecule has 0 aliphatic rings. The number of aliphatic hydroxyl groups is 1. The molecule has 0 fully saturated rings. The third-order valence-electron chi connectivity index (χ3n) is 3.88. The number of hydrogen-bond donors (Lipinski definition) is 2. The van der Waals surface area contributed by atoms with Gasteiger partial charge in [-0.3, -0.25) is 10.1 Å². The van der Waals surface area contributed by atoms with E-state index in [1.54, 1.807) is 30.3 Å². The predicted octanol–water partition coefficient (Wildman–Crippen LogP) is 4.13. The molecule has 0 radical (unpaired) electrons. The Bertz CT molecular complexity index is 871. The van der Waals surface area contributed by atoms with Crippen LogP contribution in [-0.2, 0) is 6.61 Å². The molecular weight excluding hydrogens is 306 g/mol. The van der Waals surface area contributed by atoms with Gasteiger partial charge in [0.25, 0.3) is 5.69 Å². The molecule has 0 saturated heterocycles. The van der Waals surface area contributed by atoms with Gasteiger partial charge in [0.1, 0.15) is 5.75 Å². The molecule has 3 rings (SSSR count). The molecule has 0 amide bonds. The largest absolute Gasteiger partial charge is 0.508 e. The van der Waals surface area contributed by atoms with Crippen LogP contribution in [0, 0.1) is 10.1 Å². The predicted molar refractivity (Wildman–Crippen MR) is 91.6 cm³/mol. The van der Waals surface area contributed by atoms with Gasteiger partial charge in [-0.25, -0.2) is 0 Å². The Balaban J connectivity index is 1.89. The highest BCUT2D eigenvalue weighted by Gasteiger charge is 2.07. The van der Waals surface area contributed by atoms with E-state index in [2.05, 4.69) is 0 Å². The first kappa shape index (κ1) is 15.7. The van der Waals surface area contributed by atoms with Crippen molar-refractivity contribution in [3.05, 3.63) is 82.4 Å². The number of nitro benzene ring substituents is 1. The van der Waals surface area contributed by atoms with E-state index in [0.717, 1.165) is 22.3 Å². The topological polar surface area (TPSA) is 83.6 Å². The van der Waals surface area contributed by atoms with Crippen molar-refractivity contribution < 1.29 is 15.1 Å². The van der Waals surface area contributed by atoms with Crippen molar-refractivity contribution >= 4 is 5.69 Å². The zero-order chi connectivity index (χ0) is 17.1. The summed E-state index contributed by atoms with van der Waals surface area (Å²) in [4.78, 5) is 10.3. The summed E-state index contributed by atoms with van der Waals surface area (Å²) < 4.78 is 0. The molecule has 0 saturated carbocycles. The second kappa shape index (κ2) is 6.52. The van der Waals surface area contributed by atoms with Crippen molar-refractivity contribution in [1.82, 2.24) is 0 Å². The van der Waals surface area contributed by atoms with E-state index in [4.69, 9.17) is 0 Å². The van der Waals surface area contributed by atoms with Gasteiger partial charge in [-0.15, -0.1) is 0 Å². The normalized spacial score (nSPS) is 10.5. The van der Waals surface area contributed by atoms with Crippen LogP contribution in [0.25, 0.3) is 22.3 Å². The molecule has 0 atom stereocenters. The molecule has 3 aromatic rings. The number of benzene rings is 3. The van der Waals surface area contributed by atoms with E-state index in [1.807, 2.05) is 24.3 Å². The molecule has 5 nitrogen and oxygen atoms in total. The van der Waals surface area contributed by atoms with Crippen LogP contribution in [0.2, 0.25) is 0 Å². The smallest absolute Gasteiger partial charge is 0.269 e. The van der Waals surface area contributed by atoms with E-state index in [-0.39, 0.29) is 18.0 Å². The third-order valence-corrected chi connectivity index (χ3v) is 3.88. The zero-order valence-electron chi connectivity index (χ0n) is 12.7. The van der Waals surface area contributed by atoms with E-state index in [9.17, 15) is 20.3 Å². The van der Waals surface area contributed by atoms with Crippen LogP contribution in [-0.4, -0.2) is 15.1 Å². The zero-order valence-corrected chi connectivity index (χ0v) is 12.7. The molecule has 0 aliphatic carbocycles. The second-order valence-electron chi connectivity index (χ2n) is 5.38. The molecule has 0 spiro atoms. The standard InChI is InChI=1S/C19H15NO4/c21-12-17-11-16(7-10-19(17)22)15-3-1-13(2-4-15)14-5-8-18(9-6-14)20(23)24/h1-11,21-22H,12H2. The van der Waals surface area contributed by atoms with Crippen LogP contribution in [0.4, 0.5) is 5.69 Å². The molecule has 3 aromatic carbocycles. The van der Waals surface area contributed by atoms with Gasteiger partial charge in [0.15, 0.2) is 0 Å². The maximum Gasteiger partial charge on any atom is 0.269 e. The highest BCUT2D eigenvalue weighted by molar-refractivity contribution is 5.71. The van der Waals surface area contributed by atoms with Gasteiger partial charge in [-0.2, -0.15) is 0 Å². The first-order chi connectivity index (χ1) is 11.6. The van der Waals surface area contributed by atoms with Gasteiger partial charge in [0, 0.05) is 17.7 Å². The molecule has 0 heterocycles. The Hall–Kier alpha value is -3.18. The SMILES string of the molecule is O=[N+]([O-])c1ccc(-c2ccc(-c3ccc(O)c(CO)c3)cc2)cc1.